The number of hydrogen-bond acceptors (Lipinski definition) is 6. The van der Waals surface area contributed by atoms with E-state index in [-0.39, 0.29) is 31.2 Å². The van der Waals surface area contributed by atoms with Crippen molar-refractivity contribution in [2.24, 2.45) is 0 Å². The van der Waals surface area contributed by atoms with Gasteiger partial charge < -0.3 is 10.1 Å². The largest absolute Gasteiger partial charge is 0.427 e. The highest BCUT2D eigenvalue weighted by molar-refractivity contribution is 9.10. The van der Waals surface area contributed by atoms with Crippen LogP contribution in [0.2, 0.25) is 0 Å². The van der Waals surface area contributed by atoms with Crippen LogP contribution in [0.25, 0.3) is 16.6 Å². The van der Waals surface area contributed by atoms with Gasteiger partial charge in [-0.2, -0.15) is 5.10 Å². The molecular formula is C29H29BrN4O5S. The van der Waals surface area contributed by atoms with Crippen molar-refractivity contribution in [1.82, 2.24) is 15.1 Å². The maximum atomic E-state index is 13.0. The van der Waals surface area contributed by atoms with Gasteiger partial charge in [-0.25, -0.2) is 13.1 Å². The lowest BCUT2D eigenvalue weighted by molar-refractivity contribution is -0.134. The molecular weight excluding hydrogens is 596 g/mol. The molecule has 4 aromatic rings. The van der Waals surface area contributed by atoms with Crippen LogP contribution in [0, 0.1) is 0 Å². The van der Waals surface area contributed by atoms with Crippen LogP contribution < -0.4 is 14.4 Å². The van der Waals surface area contributed by atoms with E-state index in [1.807, 2.05) is 36.4 Å². The predicted molar refractivity (Wildman–Crippen MR) is 158 cm³/mol. The molecule has 1 aliphatic carbocycles. The first-order valence-corrected chi connectivity index (χ1v) is 15.6. The number of ether oxygens (including phenoxy) is 1. The number of carbonyl (C=O) groups excluding carboxylic acids is 2. The maximum Gasteiger partial charge on any atom is 0.311 e. The summed E-state index contributed by atoms with van der Waals surface area (Å²) >= 11 is 3.44. The summed E-state index contributed by atoms with van der Waals surface area (Å²) in [6.07, 6.45) is 3.34. The summed E-state index contributed by atoms with van der Waals surface area (Å²) in [6.45, 7) is 0.101. The molecule has 0 saturated heterocycles. The molecule has 9 nitrogen and oxygen atoms in total. The molecule has 0 radical (unpaired) electrons. The van der Waals surface area contributed by atoms with E-state index in [9.17, 15) is 18.0 Å². The van der Waals surface area contributed by atoms with Crippen molar-refractivity contribution in [3.8, 4) is 11.4 Å². The molecule has 3 aromatic carbocycles. The highest BCUT2D eigenvalue weighted by atomic mass is 79.9. The zero-order chi connectivity index (χ0) is 28.4. The van der Waals surface area contributed by atoms with E-state index in [0.29, 0.717) is 33.7 Å². The zero-order valence-corrected chi connectivity index (χ0v) is 24.5. The molecule has 1 amide bonds. The third-order valence-corrected chi connectivity index (χ3v) is 8.44. The molecule has 1 aliphatic rings. The van der Waals surface area contributed by atoms with Gasteiger partial charge in [0.1, 0.15) is 11.4 Å². The summed E-state index contributed by atoms with van der Waals surface area (Å²) in [5, 5.41) is 8.08. The fourth-order valence-corrected chi connectivity index (χ4v) is 5.92. The number of nitrogens with zero attached hydrogens (tertiary/aromatic N) is 3. The Hall–Kier alpha value is -3.70. The van der Waals surface area contributed by atoms with Crippen LogP contribution in [-0.4, -0.2) is 49.9 Å². The quantitative estimate of drug-likeness (QED) is 0.192. The van der Waals surface area contributed by atoms with E-state index in [2.05, 4.69) is 21.2 Å². The van der Waals surface area contributed by atoms with Gasteiger partial charge in [0.15, 0.2) is 0 Å². The standard InChI is InChI=1S/C29H29BrN4O5S/c1-31-29(36)28-24-17-23(19-10-11-19)26(18-25(24)32-34(28)21-14-12-20(30)13-15-21)33(40(2,37)38)16-6-9-27(35)39-22-7-4-3-5-8-22/h3-5,7-8,12-15,17-19H,6,9-11,16H2,1-2H3,(H,31,36). The van der Waals surface area contributed by atoms with Gasteiger partial charge in [-0.05, 0) is 79.3 Å². The van der Waals surface area contributed by atoms with Crippen LogP contribution in [0.4, 0.5) is 5.69 Å². The zero-order valence-electron chi connectivity index (χ0n) is 22.1. The van der Waals surface area contributed by atoms with Crippen LogP contribution in [-0.2, 0) is 14.8 Å². The third-order valence-electron chi connectivity index (χ3n) is 6.74. The van der Waals surface area contributed by atoms with E-state index >= 15 is 0 Å². The molecule has 0 atom stereocenters. The van der Waals surface area contributed by atoms with Crippen molar-refractivity contribution >= 4 is 54.4 Å². The topological polar surface area (TPSA) is 111 Å². The molecule has 1 N–H and O–H groups in total. The number of anilines is 1. The number of carbonyl (C=O) groups is 2. The molecule has 0 unspecified atom stereocenters. The second-order valence-corrected chi connectivity index (χ2v) is 12.6. The molecule has 40 heavy (non-hydrogen) atoms. The van der Waals surface area contributed by atoms with Crippen molar-refractivity contribution < 1.29 is 22.7 Å². The number of rotatable bonds is 10. The number of sulfonamides is 1. The summed E-state index contributed by atoms with van der Waals surface area (Å²) in [4.78, 5) is 25.4. The summed E-state index contributed by atoms with van der Waals surface area (Å²) in [6, 6.07) is 19.8. The highest BCUT2D eigenvalue weighted by Gasteiger charge is 2.32. The van der Waals surface area contributed by atoms with Crippen LogP contribution >= 0.6 is 15.9 Å². The fourth-order valence-electron chi connectivity index (χ4n) is 4.68. The van der Waals surface area contributed by atoms with E-state index in [0.717, 1.165) is 29.1 Å². The van der Waals surface area contributed by atoms with E-state index in [1.165, 1.54) is 4.31 Å². The van der Waals surface area contributed by atoms with E-state index in [1.54, 1.807) is 42.1 Å². The van der Waals surface area contributed by atoms with Gasteiger partial charge in [-0.15, -0.1) is 0 Å². The predicted octanol–water partition coefficient (Wildman–Crippen LogP) is 5.18. The Bertz CT molecular complexity index is 1670. The SMILES string of the molecule is CNC(=O)c1c2cc(C3CC3)c(N(CCCC(=O)Oc3ccccc3)S(C)(=O)=O)cc2nn1-c1ccc(Br)cc1. The molecule has 0 aliphatic heterocycles. The molecule has 0 bridgehead atoms. The average Bonchev–Trinajstić information content (AvgIpc) is 3.71. The first-order chi connectivity index (χ1) is 19.2. The summed E-state index contributed by atoms with van der Waals surface area (Å²) in [5.41, 5.74) is 2.95. The minimum absolute atomic E-state index is 0.0565. The molecule has 1 aromatic heterocycles. The van der Waals surface area contributed by atoms with Gasteiger partial charge in [0, 0.05) is 29.9 Å². The van der Waals surface area contributed by atoms with Crippen LogP contribution in [0.5, 0.6) is 5.75 Å². The smallest absolute Gasteiger partial charge is 0.311 e. The molecule has 0 spiro atoms. The lowest BCUT2D eigenvalue weighted by atomic mass is 10.0. The summed E-state index contributed by atoms with van der Waals surface area (Å²) in [5.74, 6) is -0.0970. The van der Waals surface area contributed by atoms with Crippen LogP contribution in [0.3, 0.4) is 0 Å². The molecule has 5 rings (SSSR count). The minimum Gasteiger partial charge on any atom is -0.427 e. The summed E-state index contributed by atoms with van der Waals surface area (Å²) in [7, 11) is -2.12. The number of para-hydroxylation sites is 1. The normalized spacial score (nSPS) is 13.3. The Morgan fingerprint density at radius 2 is 1.80 bits per heavy atom. The number of aromatic nitrogens is 2. The second-order valence-electron chi connectivity index (χ2n) is 9.74. The first kappa shape index (κ1) is 27.9. The number of benzene rings is 3. The number of hydrogen-bond donors (Lipinski definition) is 1. The molecule has 1 heterocycles. The van der Waals surface area contributed by atoms with Crippen molar-refractivity contribution in [3.63, 3.8) is 0 Å². The van der Waals surface area contributed by atoms with E-state index < -0.39 is 16.0 Å². The van der Waals surface area contributed by atoms with Gasteiger partial charge in [0.25, 0.3) is 5.91 Å². The first-order valence-electron chi connectivity index (χ1n) is 12.9. The Balaban J connectivity index is 1.51. The fraction of sp³-hybridized carbons (Fsp3) is 0.276. The Morgan fingerprint density at radius 3 is 2.42 bits per heavy atom. The average molecular weight is 626 g/mol. The maximum absolute atomic E-state index is 13.0. The lowest BCUT2D eigenvalue weighted by Crippen LogP contribution is -2.32. The van der Waals surface area contributed by atoms with Crippen molar-refractivity contribution in [1.29, 1.82) is 0 Å². The van der Waals surface area contributed by atoms with Crippen LogP contribution in [0.15, 0.2) is 71.2 Å². The monoisotopic (exact) mass is 624 g/mol. The van der Waals surface area contributed by atoms with Crippen molar-refractivity contribution in [2.75, 3.05) is 24.2 Å². The van der Waals surface area contributed by atoms with E-state index in [4.69, 9.17) is 9.84 Å². The van der Waals surface area contributed by atoms with Crippen molar-refractivity contribution in [3.05, 3.63) is 82.5 Å². The summed E-state index contributed by atoms with van der Waals surface area (Å²) < 4.78 is 35.2. The van der Waals surface area contributed by atoms with Crippen LogP contribution in [0.1, 0.15) is 47.7 Å². The van der Waals surface area contributed by atoms with Gasteiger partial charge in [-0.3, -0.25) is 13.9 Å². The number of esters is 1. The lowest BCUT2D eigenvalue weighted by Gasteiger charge is -2.25. The number of halogens is 1. The van der Waals surface area contributed by atoms with Gasteiger partial charge in [0.2, 0.25) is 10.0 Å². The number of nitrogens with one attached hydrogen (secondary N) is 1. The Labute approximate surface area is 241 Å². The minimum atomic E-state index is -3.69. The molecule has 11 heteroatoms. The van der Waals surface area contributed by atoms with Gasteiger partial charge >= 0.3 is 5.97 Å². The van der Waals surface area contributed by atoms with Gasteiger partial charge in [-0.1, -0.05) is 34.1 Å². The van der Waals surface area contributed by atoms with Crippen molar-refractivity contribution in [2.45, 2.75) is 31.6 Å². The molecule has 208 valence electrons. The molecule has 1 fully saturated rings. The highest BCUT2D eigenvalue weighted by Crippen LogP contribution is 2.46. The number of amides is 1. The second kappa shape index (κ2) is 11.4. The molecule has 1 saturated carbocycles. The number of fused-ring (bicyclic) bond motifs is 1. The Morgan fingerprint density at radius 1 is 1.10 bits per heavy atom. The Kier molecular flexibility index (Phi) is 7.95. The third kappa shape index (κ3) is 6.05. The van der Waals surface area contributed by atoms with Gasteiger partial charge in [0.05, 0.1) is 23.1 Å².